The molecule has 2 aromatic heterocycles. The first-order valence-corrected chi connectivity index (χ1v) is 7.50. The summed E-state index contributed by atoms with van der Waals surface area (Å²) in [6.07, 6.45) is 2.12. The molecule has 2 heterocycles. The molecule has 0 saturated carbocycles. The number of aryl methyl sites for hydroxylation is 2. The van der Waals surface area contributed by atoms with E-state index in [9.17, 15) is 0 Å². The molecule has 98 valence electrons. The van der Waals surface area contributed by atoms with Gasteiger partial charge in [0.05, 0.1) is 11.4 Å². The molecule has 0 fully saturated rings. The van der Waals surface area contributed by atoms with E-state index in [4.69, 9.17) is 0 Å². The van der Waals surface area contributed by atoms with E-state index in [1.54, 1.807) is 0 Å². The summed E-state index contributed by atoms with van der Waals surface area (Å²) in [5.74, 6) is 0. The van der Waals surface area contributed by atoms with Gasteiger partial charge in [-0.1, -0.05) is 13.0 Å². The Bertz CT molecular complexity index is 459. The Morgan fingerprint density at radius 2 is 2.28 bits per heavy atom. The third kappa shape index (κ3) is 3.43. The summed E-state index contributed by atoms with van der Waals surface area (Å²) in [7, 11) is 0. The first-order valence-electron chi connectivity index (χ1n) is 6.62. The lowest BCUT2D eigenvalue weighted by atomic mass is 10.3. The average Bonchev–Trinajstić information content (AvgIpc) is 3.03. The molecular weight excluding hydrogens is 242 g/mol. The molecule has 0 aromatic carbocycles. The van der Waals surface area contributed by atoms with Gasteiger partial charge in [-0.2, -0.15) is 5.10 Å². The molecule has 0 radical (unpaired) electrons. The molecular formula is C14H21N3S. The molecule has 2 aromatic rings. The van der Waals surface area contributed by atoms with Crippen molar-refractivity contribution in [3.8, 4) is 0 Å². The van der Waals surface area contributed by atoms with Crippen LogP contribution in [0.5, 0.6) is 0 Å². The van der Waals surface area contributed by atoms with Crippen LogP contribution in [0, 0.1) is 0 Å². The molecule has 4 heteroatoms. The van der Waals surface area contributed by atoms with Gasteiger partial charge in [-0.3, -0.25) is 4.68 Å². The quantitative estimate of drug-likeness (QED) is 0.779. The molecule has 0 aliphatic rings. The van der Waals surface area contributed by atoms with E-state index in [1.807, 2.05) is 11.3 Å². The average molecular weight is 263 g/mol. The third-order valence-electron chi connectivity index (χ3n) is 3.01. The molecule has 3 nitrogen and oxygen atoms in total. The Hall–Kier alpha value is -1.13. The largest absolute Gasteiger partial charge is 0.311 e. The zero-order valence-electron chi connectivity index (χ0n) is 11.1. The van der Waals surface area contributed by atoms with Crippen molar-refractivity contribution in [3.05, 3.63) is 39.8 Å². The van der Waals surface area contributed by atoms with Crippen molar-refractivity contribution < 1.29 is 0 Å². The Kier molecular flexibility index (Phi) is 4.96. The predicted octanol–water partition coefficient (Wildman–Crippen LogP) is 2.86. The standard InChI is InChI=1S/C14H21N3S/c1-3-12-10-13(17(4-2)16-12)11-15-8-7-14-6-5-9-18-14/h5-6,9-10,15H,3-4,7-8,11H2,1-2H3. The lowest BCUT2D eigenvalue weighted by molar-refractivity contribution is 0.579. The first kappa shape index (κ1) is 13.3. The van der Waals surface area contributed by atoms with Crippen LogP contribution in [0.2, 0.25) is 0 Å². The van der Waals surface area contributed by atoms with Crippen LogP contribution >= 0.6 is 11.3 Å². The second kappa shape index (κ2) is 6.71. The zero-order chi connectivity index (χ0) is 12.8. The summed E-state index contributed by atoms with van der Waals surface area (Å²) in [5.41, 5.74) is 2.48. The molecule has 0 amide bonds. The lowest BCUT2D eigenvalue weighted by Gasteiger charge is -2.05. The van der Waals surface area contributed by atoms with Gasteiger partial charge in [0.15, 0.2) is 0 Å². The summed E-state index contributed by atoms with van der Waals surface area (Å²) < 4.78 is 2.09. The van der Waals surface area contributed by atoms with E-state index in [0.717, 1.165) is 32.5 Å². The smallest absolute Gasteiger partial charge is 0.0625 e. The highest BCUT2D eigenvalue weighted by Gasteiger charge is 2.04. The molecule has 0 unspecified atom stereocenters. The van der Waals surface area contributed by atoms with Gasteiger partial charge in [0, 0.05) is 24.5 Å². The highest BCUT2D eigenvalue weighted by Crippen LogP contribution is 2.09. The van der Waals surface area contributed by atoms with Gasteiger partial charge in [-0.15, -0.1) is 11.3 Å². The maximum absolute atomic E-state index is 4.55. The summed E-state index contributed by atoms with van der Waals surface area (Å²) in [6, 6.07) is 6.51. The number of nitrogens with one attached hydrogen (secondary N) is 1. The zero-order valence-corrected chi connectivity index (χ0v) is 12.0. The monoisotopic (exact) mass is 263 g/mol. The minimum atomic E-state index is 0.909. The van der Waals surface area contributed by atoms with Crippen molar-refractivity contribution in [1.29, 1.82) is 0 Å². The number of hydrogen-bond donors (Lipinski definition) is 1. The van der Waals surface area contributed by atoms with Crippen LogP contribution < -0.4 is 5.32 Å². The summed E-state index contributed by atoms with van der Waals surface area (Å²) in [6.45, 7) is 7.17. The van der Waals surface area contributed by atoms with E-state index in [1.165, 1.54) is 16.3 Å². The summed E-state index contributed by atoms with van der Waals surface area (Å²) >= 11 is 1.83. The van der Waals surface area contributed by atoms with E-state index in [2.05, 4.69) is 52.5 Å². The molecule has 2 rings (SSSR count). The minimum Gasteiger partial charge on any atom is -0.311 e. The van der Waals surface area contributed by atoms with Crippen LogP contribution in [0.25, 0.3) is 0 Å². The second-order valence-electron chi connectivity index (χ2n) is 4.30. The van der Waals surface area contributed by atoms with Gasteiger partial charge in [0.25, 0.3) is 0 Å². The van der Waals surface area contributed by atoms with Crippen molar-refractivity contribution >= 4 is 11.3 Å². The van der Waals surface area contributed by atoms with E-state index in [0.29, 0.717) is 0 Å². The van der Waals surface area contributed by atoms with Crippen LogP contribution in [0.15, 0.2) is 23.6 Å². The number of hydrogen-bond acceptors (Lipinski definition) is 3. The van der Waals surface area contributed by atoms with E-state index >= 15 is 0 Å². The van der Waals surface area contributed by atoms with Gasteiger partial charge in [-0.25, -0.2) is 0 Å². The van der Waals surface area contributed by atoms with E-state index < -0.39 is 0 Å². The van der Waals surface area contributed by atoms with Crippen LogP contribution in [0.1, 0.15) is 30.1 Å². The Morgan fingerprint density at radius 3 is 2.94 bits per heavy atom. The van der Waals surface area contributed by atoms with Crippen LogP contribution in [0.4, 0.5) is 0 Å². The van der Waals surface area contributed by atoms with Gasteiger partial charge >= 0.3 is 0 Å². The highest BCUT2D eigenvalue weighted by atomic mass is 32.1. The maximum Gasteiger partial charge on any atom is 0.0625 e. The highest BCUT2D eigenvalue weighted by molar-refractivity contribution is 7.09. The van der Waals surface area contributed by atoms with Crippen LogP contribution in [-0.2, 0) is 25.9 Å². The molecule has 0 bridgehead atoms. The fourth-order valence-corrected chi connectivity index (χ4v) is 2.70. The van der Waals surface area contributed by atoms with Crippen molar-refractivity contribution in [3.63, 3.8) is 0 Å². The molecule has 0 aliphatic heterocycles. The normalized spacial score (nSPS) is 11.0. The Morgan fingerprint density at radius 1 is 1.39 bits per heavy atom. The Labute approximate surface area is 113 Å². The van der Waals surface area contributed by atoms with Crippen molar-refractivity contribution in [2.45, 2.75) is 39.8 Å². The first-order chi connectivity index (χ1) is 8.83. The Balaban J connectivity index is 1.80. The van der Waals surface area contributed by atoms with Crippen LogP contribution in [-0.4, -0.2) is 16.3 Å². The van der Waals surface area contributed by atoms with Gasteiger partial charge in [-0.05, 0) is 37.3 Å². The van der Waals surface area contributed by atoms with Crippen molar-refractivity contribution in [1.82, 2.24) is 15.1 Å². The summed E-state index contributed by atoms with van der Waals surface area (Å²) in [5, 5.41) is 10.2. The number of thiophene rings is 1. The van der Waals surface area contributed by atoms with Gasteiger partial charge in [0.1, 0.15) is 0 Å². The molecule has 0 spiro atoms. The fraction of sp³-hybridized carbons (Fsp3) is 0.500. The van der Waals surface area contributed by atoms with Gasteiger partial charge < -0.3 is 5.32 Å². The van der Waals surface area contributed by atoms with Crippen molar-refractivity contribution in [2.75, 3.05) is 6.54 Å². The predicted molar refractivity (Wildman–Crippen MR) is 77.0 cm³/mol. The molecule has 1 N–H and O–H groups in total. The molecule has 0 saturated heterocycles. The maximum atomic E-state index is 4.55. The molecule has 0 atom stereocenters. The summed E-state index contributed by atoms with van der Waals surface area (Å²) in [4.78, 5) is 1.45. The number of rotatable bonds is 7. The SMILES string of the molecule is CCc1cc(CNCCc2cccs2)n(CC)n1. The topological polar surface area (TPSA) is 29.9 Å². The molecule has 18 heavy (non-hydrogen) atoms. The second-order valence-corrected chi connectivity index (χ2v) is 5.33. The number of aromatic nitrogens is 2. The van der Waals surface area contributed by atoms with Gasteiger partial charge in [0.2, 0.25) is 0 Å². The van der Waals surface area contributed by atoms with Crippen LogP contribution in [0.3, 0.4) is 0 Å². The molecule has 0 aliphatic carbocycles. The van der Waals surface area contributed by atoms with E-state index in [-0.39, 0.29) is 0 Å². The van der Waals surface area contributed by atoms with Crippen molar-refractivity contribution in [2.24, 2.45) is 0 Å². The minimum absolute atomic E-state index is 0.909. The third-order valence-corrected chi connectivity index (χ3v) is 3.95. The fourth-order valence-electron chi connectivity index (χ4n) is 1.99. The number of nitrogens with zero attached hydrogens (tertiary/aromatic N) is 2. The lowest BCUT2D eigenvalue weighted by Crippen LogP contribution is -2.18.